The summed E-state index contributed by atoms with van der Waals surface area (Å²) < 4.78 is 37.4. The number of phenolic OH excluding ortho intramolecular Hbond substituents is 1. The molecule has 35 heavy (non-hydrogen) atoms. The van der Waals surface area contributed by atoms with Gasteiger partial charge in [-0.05, 0) is 56.9 Å². The minimum atomic E-state index is -1.27. The number of nitrogens with zero attached hydrogens (tertiary/aromatic N) is 3. The van der Waals surface area contributed by atoms with Crippen LogP contribution in [0.3, 0.4) is 0 Å². The van der Waals surface area contributed by atoms with E-state index in [0.29, 0.717) is 5.88 Å². The molecule has 2 aliphatic rings. The van der Waals surface area contributed by atoms with Crippen molar-refractivity contribution in [3.05, 3.63) is 58.5 Å². The molecule has 184 valence electrons. The minimum Gasteiger partial charge on any atom is -0.507 e. The molecule has 2 saturated heterocycles. The zero-order valence-electron chi connectivity index (χ0n) is 19.9. The third-order valence-corrected chi connectivity index (χ3v) is 7.20. The summed E-state index contributed by atoms with van der Waals surface area (Å²) in [6, 6.07) is 6.74. The van der Waals surface area contributed by atoms with E-state index < -0.39 is 22.9 Å². The lowest BCUT2D eigenvalue weighted by atomic mass is 9.70. The molecule has 7 nitrogen and oxygen atoms in total. The maximum atomic E-state index is 15.0. The molecule has 2 bridgehead atoms. The molecule has 0 spiro atoms. The van der Waals surface area contributed by atoms with E-state index in [1.807, 2.05) is 0 Å². The Labute approximate surface area is 201 Å². The van der Waals surface area contributed by atoms with Gasteiger partial charge in [-0.1, -0.05) is 0 Å². The number of aromatic nitrogens is 3. The molecule has 0 radical (unpaired) electrons. The molecule has 4 heterocycles. The van der Waals surface area contributed by atoms with Crippen molar-refractivity contribution < 1.29 is 18.6 Å². The molecule has 0 amide bonds. The largest absolute Gasteiger partial charge is 0.507 e. The van der Waals surface area contributed by atoms with E-state index in [1.54, 1.807) is 13.1 Å². The van der Waals surface area contributed by atoms with E-state index in [1.165, 1.54) is 35.4 Å². The first-order valence-corrected chi connectivity index (χ1v) is 11.7. The van der Waals surface area contributed by atoms with Crippen LogP contribution in [0.5, 0.6) is 11.6 Å². The highest BCUT2D eigenvalue weighted by molar-refractivity contribution is 5.75. The number of ether oxygens (including phenoxy) is 1. The van der Waals surface area contributed by atoms with Crippen LogP contribution < -0.4 is 15.6 Å². The van der Waals surface area contributed by atoms with Gasteiger partial charge in [0.05, 0.1) is 5.56 Å². The minimum absolute atomic E-state index is 0.0144. The Hall–Kier alpha value is -3.33. The van der Waals surface area contributed by atoms with Crippen LogP contribution in [0.2, 0.25) is 0 Å². The number of rotatable bonds is 4. The van der Waals surface area contributed by atoms with E-state index in [9.17, 15) is 14.3 Å². The predicted molar refractivity (Wildman–Crippen MR) is 127 cm³/mol. The molecule has 2 fully saturated rings. The Morgan fingerprint density at radius 1 is 1.09 bits per heavy atom. The molecule has 1 aromatic carbocycles. The molecule has 0 aliphatic carbocycles. The summed E-state index contributed by atoms with van der Waals surface area (Å²) in [5.74, 6) is -2.66. The van der Waals surface area contributed by atoms with Crippen molar-refractivity contribution in [1.29, 1.82) is 0 Å². The second kappa shape index (κ2) is 8.41. The summed E-state index contributed by atoms with van der Waals surface area (Å²) in [6.07, 6.45) is 6.46. The van der Waals surface area contributed by atoms with Crippen LogP contribution in [0.25, 0.3) is 22.4 Å². The summed E-state index contributed by atoms with van der Waals surface area (Å²) in [4.78, 5) is 11.9. The quantitative estimate of drug-likeness (QED) is 0.576. The lowest BCUT2D eigenvalue weighted by Crippen LogP contribution is -2.65. The number of pyridine rings is 1. The number of phenols is 1. The van der Waals surface area contributed by atoms with E-state index in [4.69, 9.17) is 4.74 Å². The Morgan fingerprint density at radius 3 is 2.43 bits per heavy atom. The number of benzene rings is 1. The fraction of sp³-hybridized carbons (Fsp3) is 0.423. The highest BCUT2D eigenvalue weighted by Gasteiger charge is 2.46. The lowest BCUT2D eigenvalue weighted by Gasteiger charge is -2.53. The topological polar surface area (TPSA) is 89.3 Å². The molecule has 0 unspecified atom stereocenters. The van der Waals surface area contributed by atoms with Gasteiger partial charge in [0.1, 0.15) is 17.5 Å². The van der Waals surface area contributed by atoms with Crippen LogP contribution in [0.15, 0.2) is 41.3 Å². The van der Waals surface area contributed by atoms with Crippen LogP contribution in [-0.4, -0.2) is 37.1 Å². The van der Waals surface area contributed by atoms with Gasteiger partial charge in [0.15, 0.2) is 11.6 Å². The molecule has 2 N–H and O–H groups in total. The zero-order chi connectivity index (χ0) is 25.0. The van der Waals surface area contributed by atoms with Crippen molar-refractivity contribution in [2.45, 2.75) is 63.1 Å². The van der Waals surface area contributed by atoms with Crippen molar-refractivity contribution in [3.63, 3.8) is 0 Å². The summed E-state index contributed by atoms with van der Waals surface area (Å²) in [7, 11) is 1.55. The Bertz CT molecular complexity index is 1330. The summed E-state index contributed by atoms with van der Waals surface area (Å²) in [5, 5.41) is 22.3. The molecule has 2 aromatic heterocycles. The van der Waals surface area contributed by atoms with Gasteiger partial charge < -0.3 is 19.7 Å². The Morgan fingerprint density at radius 2 is 1.80 bits per heavy atom. The molecular weight excluding hydrogens is 454 g/mol. The third kappa shape index (κ3) is 4.40. The first kappa shape index (κ1) is 23.4. The highest BCUT2D eigenvalue weighted by atomic mass is 19.2. The van der Waals surface area contributed by atoms with Gasteiger partial charge in [-0.15, -0.1) is 10.2 Å². The van der Waals surface area contributed by atoms with E-state index in [2.05, 4.69) is 29.4 Å². The number of fused-ring (bicyclic) bond motifs is 2. The van der Waals surface area contributed by atoms with Crippen LogP contribution in [0, 0.1) is 11.6 Å². The van der Waals surface area contributed by atoms with E-state index in [-0.39, 0.29) is 39.6 Å². The van der Waals surface area contributed by atoms with Crippen LogP contribution >= 0.6 is 0 Å². The van der Waals surface area contributed by atoms with Crippen molar-refractivity contribution in [1.82, 2.24) is 20.1 Å². The monoisotopic (exact) mass is 482 g/mol. The highest BCUT2D eigenvalue weighted by Crippen LogP contribution is 2.41. The molecular formula is C26H28F2N4O3. The maximum Gasteiger partial charge on any atom is 0.250 e. The fourth-order valence-electron chi connectivity index (χ4n) is 5.66. The van der Waals surface area contributed by atoms with Gasteiger partial charge in [0.2, 0.25) is 5.88 Å². The third-order valence-electron chi connectivity index (χ3n) is 7.20. The lowest BCUT2D eigenvalue weighted by molar-refractivity contribution is 0.00726. The van der Waals surface area contributed by atoms with Crippen molar-refractivity contribution >= 4 is 0 Å². The average molecular weight is 483 g/mol. The van der Waals surface area contributed by atoms with Crippen molar-refractivity contribution in [2.75, 3.05) is 0 Å². The van der Waals surface area contributed by atoms with Crippen molar-refractivity contribution in [3.8, 4) is 34.0 Å². The molecule has 3 aromatic rings. The second-order valence-corrected chi connectivity index (χ2v) is 10.3. The Balaban J connectivity index is 1.40. The first-order chi connectivity index (χ1) is 16.6. The number of hydrogen-bond acceptors (Lipinski definition) is 6. The number of piperidine rings is 2. The summed E-state index contributed by atoms with van der Waals surface area (Å²) in [5.41, 5.74) is -0.828. The van der Waals surface area contributed by atoms with E-state index in [0.717, 1.165) is 31.7 Å². The van der Waals surface area contributed by atoms with Crippen LogP contribution in [0.4, 0.5) is 8.78 Å². The average Bonchev–Trinajstić information content (AvgIpc) is 2.78. The van der Waals surface area contributed by atoms with Gasteiger partial charge >= 0.3 is 0 Å². The number of hydrogen-bond donors (Lipinski definition) is 2. The summed E-state index contributed by atoms with van der Waals surface area (Å²) >= 11 is 0. The SMILES string of the molecule is Cn1ccc(-c2cc(O)c(-c3ccc(O[C@H]4C[C@]5(C)CCC[C@](C)(C4)N5)nn3)c(F)c2F)cc1=O. The molecule has 9 heteroatoms. The Kier molecular flexibility index (Phi) is 5.62. The normalized spacial score (nSPS) is 25.9. The van der Waals surface area contributed by atoms with Crippen LogP contribution in [-0.2, 0) is 7.05 Å². The predicted octanol–water partition coefficient (Wildman–Crippen LogP) is 4.33. The number of nitrogens with one attached hydrogen (secondary N) is 1. The van der Waals surface area contributed by atoms with Gasteiger partial charge in [-0.3, -0.25) is 4.79 Å². The van der Waals surface area contributed by atoms with Crippen LogP contribution in [0.1, 0.15) is 46.0 Å². The van der Waals surface area contributed by atoms with E-state index >= 15 is 4.39 Å². The fourth-order valence-corrected chi connectivity index (χ4v) is 5.66. The van der Waals surface area contributed by atoms with Gasteiger partial charge in [0, 0.05) is 54.9 Å². The molecule has 5 rings (SSSR count). The van der Waals surface area contributed by atoms with Gasteiger partial charge in [0.25, 0.3) is 5.56 Å². The van der Waals surface area contributed by atoms with Crippen molar-refractivity contribution in [2.24, 2.45) is 7.05 Å². The van der Waals surface area contributed by atoms with Gasteiger partial charge in [-0.2, -0.15) is 0 Å². The molecule has 0 saturated carbocycles. The zero-order valence-corrected chi connectivity index (χ0v) is 19.9. The first-order valence-electron chi connectivity index (χ1n) is 11.7. The maximum absolute atomic E-state index is 15.0. The second-order valence-electron chi connectivity index (χ2n) is 10.3. The molecule has 2 aliphatic heterocycles. The smallest absolute Gasteiger partial charge is 0.250 e. The number of aromatic hydroxyl groups is 1. The standard InChI is InChI=1S/C26H28F2N4O3/c1-25-8-4-9-26(2,31-25)14-16(13-25)35-20-6-5-18(29-30-20)22-19(33)12-17(23(27)24(22)28)15-7-10-32(3)21(34)11-15/h5-7,10-12,16,31,33H,4,8-9,13-14H2,1-3H3/t16-,25-,26+. The molecule has 3 atom stereocenters. The summed E-state index contributed by atoms with van der Waals surface area (Å²) in [6.45, 7) is 4.43. The number of aryl methyl sites for hydroxylation is 1. The van der Waals surface area contributed by atoms with Gasteiger partial charge in [-0.25, -0.2) is 8.78 Å². The number of halogens is 2.